The second kappa shape index (κ2) is 6.15. The van der Waals surface area contributed by atoms with Gasteiger partial charge in [-0.3, -0.25) is 10.1 Å². The van der Waals surface area contributed by atoms with E-state index in [2.05, 4.69) is 26.6 Å². The molecule has 0 radical (unpaired) electrons. The summed E-state index contributed by atoms with van der Waals surface area (Å²) in [6.07, 6.45) is 2.44. The van der Waals surface area contributed by atoms with E-state index in [4.69, 9.17) is 0 Å². The number of nitrogens with zero attached hydrogens (tertiary/aromatic N) is 1. The van der Waals surface area contributed by atoms with Gasteiger partial charge in [0, 0.05) is 28.8 Å². The molecule has 2 rings (SSSR count). The first-order valence-corrected chi connectivity index (χ1v) is 6.84. The fourth-order valence-corrected chi connectivity index (χ4v) is 2.62. The van der Waals surface area contributed by atoms with Crippen molar-refractivity contribution in [2.24, 2.45) is 5.92 Å². The van der Waals surface area contributed by atoms with Gasteiger partial charge in [0.15, 0.2) is 0 Å². The molecule has 6 heteroatoms. The number of piperidine rings is 1. The van der Waals surface area contributed by atoms with Crippen LogP contribution in [0.4, 0.5) is 11.4 Å². The summed E-state index contributed by atoms with van der Waals surface area (Å²) < 4.78 is 0.737. The molecule has 1 aliphatic heterocycles. The predicted molar refractivity (Wildman–Crippen MR) is 74.9 cm³/mol. The molecular weight excluding hydrogens is 298 g/mol. The fourth-order valence-electron chi connectivity index (χ4n) is 2.11. The highest BCUT2D eigenvalue weighted by atomic mass is 79.9. The number of benzene rings is 1. The topological polar surface area (TPSA) is 67.2 Å². The minimum Gasteiger partial charge on any atom is -0.384 e. The normalized spacial score (nSPS) is 19.5. The molecule has 1 fully saturated rings. The average Bonchev–Trinajstić information content (AvgIpc) is 2.38. The summed E-state index contributed by atoms with van der Waals surface area (Å²) in [5, 5.41) is 17.3. The maximum Gasteiger partial charge on any atom is 0.270 e. The van der Waals surface area contributed by atoms with Gasteiger partial charge in [-0.25, -0.2) is 0 Å². The van der Waals surface area contributed by atoms with Crippen molar-refractivity contribution in [1.82, 2.24) is 5.32 Å². The number of nitro benzene ring substituents is 1. The van der Waals surface area contributed by atoms with Gasteiger partial charge in [0.05, 0.1) is 4.92 Å². The largest absolute Gasteiger partial charge is 0.384 e. The van der Waals surface area contributed by atoms with Crippen molar-refractivity contribution in [3.8, 4) is 0 Å². The Morgan fingerprint density at radius 2 is 2.39 bits per heavy atom. The van der Waals surface area contributed by atoms with E-state index in [0.717, 1.165) is 29.8 Å². The molecule has 2 N–H and O–H groups in total. The Kier molecular flexibility index (Phi) is 4.54. The van der Waals surface area contributed by atoms with Crippen LogP contribution >= 0.6 is 15.9 Å². The van der Waals surface area contributed by atoms with E-state index in [0.29, 0.717) is 5.92 Å². The van der Waals surface area contributed by atoms with Gasteiger partial charge in [-0.2, -0.15) is 0 Å². The molecule has 1 heterocycles. The van der Waals surface area contributed by atoms with Crippen LogP contribution in [0, 0.1) is 16.0 Å². The first-order valence-electron chi connectivity index (χ1n) is 6.05. The van der Waals surface area contributed by atoms with Gasteiger partial charge in [0.25, 0.3) is 5.69 Å². The molecule has 0 spiro atoms. The summed E-state index contributed by atoms with van der Waals surface area (Å²) in [4.78, 5) is 10.2. The van der Waals surface area contributed by atoms with Crippen molar-refractivity contribution >= 4 is 27.3 Å². The third kappa shape index (κ3) is 3.43. The van der Waals surface area contributed by atoms with Gasteiger partial charge in [-0.1, -0.05) is 0 Å². The van der Waals surface area contributed by atoms with Crippen LogP contribution in [0.1, 0.15) is 12.8 Å². The summed E-state index contributed by atoms with van der Waals surface area (Å²) in [5.41, 5.74) is 1.01. The van der Waals surface area contributed by atoms with Crippen LogP contribution in [0.5, 0.6) is 0 Å². The minimum atomic E-state index is -0.389. The van der Waals surface area contributed by atoms with Gasteiger partial charge >= 0.3 is 0 Å². The molecule has 1 unspecified atom stereocenters. The summed E-state index contributed by atoms with van der Waals surface area (Å²) in [6.45, 7) is 3.04. The van der Waals surface area contributed by atoms with E-state index < -0.39 is 0 Å². The fraction of sp³-hybridized carbons (Fsp3) is 0.500. The van der Waals surface area contributed by atoms with Crippen molar-refractivity contribution in [2.45, 2.75) is 12.8 Å². The van der Waals surface area contributed by atoms with E-state index in [1.165, 1.54) is 25.0 Å². The summed E-state index contributed by atoms with van der Waals surface area (Å²) >= 11 is 3.36. The SMILES string of the molecule is O=[N+]([O-])c1ccc(NCC2CCCNC2)c(Br)c1. The molecule has 18 heavy (non-hydrogen) atoms. The molecule has 1 saturated heterocycles. The van der Waals surface area contributed by atoms with E-state index in [1.54, 1.807) is 6.07 Å². The molecule has 5 nitrogen and oxygen atoms in total. The quantitative estimate of drug-likeness (QED) is 0.662. The van der Waals surface area contributed by atoms with Crippen LogP contribution in [0.3, 0.4) is 0 Å². The smallest absolute Gasteiger partial charge is 0.270 e. The highest BCUT2D eigenvalue weighted by Gasteiger charge is 2.14. The molecular formula is C12H16BrN3O2. The first-order chi connectivity index (χ1) is 8.66. The Hall–Kier alpha value is -1.14. The molecule has 0 amide bonds. The van der Waals surface area contributed by atoms with Crippen molar-refractivity contribution < 1.29 is 4.92 Å². The Morgan fingerprint density at radius 1 is 1.56 bits per heavy atom. The highest BCUT2D eigenvalue weighted by Crippen LogP contribution is 2.27. The lowest BCUT2D eigenvalue weighted by Crippen LogP contribution is -2.33. The van der Waals surface area contributed by atoms with Crippen LogP contribution < -0.4 is 10.6 Å². The molecule has 0 saturated carbocycles. The van der Waals surface area contributed by atoms with Gasteiger partial charge in [0.2, 0.25) is 0 Å². The molecule has 0 aliphatic carbocycles. The molecule has 1 aromatic carbocycles. The van der Waals surface area contributed by atoms with Crippen LogP contribution in [0.2, 0.25) is 0 Å². The van der Waals surface area contributed by atoms with E-state index in [9.17, 15) is 10.1 Å². The molecule has 0 aromatic heterocycles. The van der Waals surface area contributed by atoms with Crippen LogP contribution in [-0.4, -0.2) is 24.6 Å². The Bertz CT molecular complexity index is 433. The third-order valence-electron chi connectivity index (χ3n) is 3.14. The molecule has 1 aromatic rings. The number of anilines is 1. The van der Waals surface area contributed by atoms with Crippen LogP contribution in [0.15, 0.2) is 22.7 Å². The summed E-state index contributed by atoms with van der Waals surface area (Å²) in [5.74, 6) is 0.626. The summed E-state index contributed by atoms with van der Waals surface area (Å²) in [6, 6.07) is 4.80. The second-order valence-corrected chi connectivity index (χ2v) is 5.37. The van der Waals surface area contributed by atoms with Crippen molar-refractivity contribution in [3.05, 3.63) is 32.8 Å². The number of hydrogen-bond donors (Lipinski definition) is 2. The van der Waals surface area contributed by atoms with E-state index >= 15 is 0 Å². The second-order valence-electron chi connectivity index (χ2n) is 4.51. The Labute approximate surface area is 114 Å². The maximum absolute atomic E-state index is 10.6. The van der Waals surface area contributed by atoms with Crippen LogP contribution in [0.25, 0.3) is 0 Å². The lowest BCUT2D eigenvalue weighted by atomic mass is 10.00. The number of non-ortho nitro benzene ring substituents is 1. The number of hydrogen-bond acceptors (Lipinski definition) is 4. The number of nitro groups is 1. The molecule has 1 atom stereocenters. The lowest BCUT2D eigenvalue weighted by molar-refractivity contribution is -0.384. The standard InChI is InChI=1S/C12H16BrN3O2/c13-11-6-10(16(17)18)3-4-12(11)15-8-9-2-1-5-14-7-9/h3-4,6,9,14-15H,1-2,5,7-8H2. The van der Waals surface area contributed by atoms with Gasteiger partial charge in [-0.05, 0) is 53.8 Å². The zero-order chi connectivity index (χ0) is 13.0. The van der Waals surface area contributed by atoms with E-state index in [1.807, 2.05) is 0 Å². The van der Waals surface area contributed by atoms with Crippen molar-refractivity contribution in [1.29, 1.82) is 0 Å². The predicted octanol–water partition coefficient (Wildman–Crippen LogP) is 2.77. The molecule has 1 aliphatic rings. The maximum atomic E-state index is 10.6. The first kappa shape index (κ1) is 13.3. The number of halogens is 1. The average molecular weight is 314 g/mol. The summed E-state index contributed by atoms with van der Waals surface area (Å²) in [7, 11) is 0. The monoisotopic (exact) mass is 313 g/mol. The van der Waals surface area contributed by atoms with Crippen LogP contribution in [-0.2, 0) is 0 Å². The minimum absolute atomic E-state index is 0.103. The zero-order valence-electron chi connectivity index (χ0n) is 9.99. The molecule has 0 bridgehead atoms. The highest BCUT2D eigenvalue weighted by molar-refractivity contribution is 9.10. The van der Waals surface area contributed by atoms with E-state index in [-0.39, 0.29) is 10.6 Å². The zero-order valence-corrected chi connectivity index (χ0v) is 11.6. The van der Waals surface area contributed by atoms with Crippen molar-refractivity contribution in [2.75, 3.05) is 25.0 Å². The van der Waals surface area contributed by atoms with Crippen molar-refractivity contribution in [3.63, 3.8) is 0 Å². The third-order valence-corrected chi connectivity index (χ3v) is 3.80. The number of rotatable bonds is 4. The Balaban J connectivity index is 1.94. The molecule has 98 valence electrons. The lowest BCUT2D eigenvalue weighted by Gasteiger charge is -2.23. The number of nitrogens with one attached hydrogen (secondary N) is 2. The van der Waals surface area contributed by atoms with Gasteiger partial charge in [-0.15, -0.1) is 0 Å². The Morgan fingerprint density at radius 3 is 3.00 bits per heavy atom. The van der Waals surface area contributed by atoms with Gasteiger partial charge in [0.1, 0.15) is 0 Å². The van der Waals surface area contributed by atoms with Gasteiger partial charge < -0.3 is 10.6 Å².